The molecule has 1 saturated heterocycles. The van der Waals surface area contributed by atoms with E-state index in [0.717, 1.165) is 0 Å². The fraction of sp³-hybridized carbons (Fsp3) is 0.385. The predicted molar refractivity (Wildman–Crippen MR) is 75.7 cm³/mol. The van der Waals surface area contributed by atoms with Gasteiger partial charge < -0.3 is 26.0 Å². The summed E-state index contributed by atoms with van der Waals surface area (Å²) in [5, 5.41) is 11.7. The maximum atomic E-state index is 11.5. The monoisotopic (exact) mass is 278 g/mol. The molecule has 1 aromatic rings. The van der Waals surface area contributed by atoms with Gasteiger partial charge >= 0.3 is 12.0 Å². The highest BCUT2D eigenvalue weighted by atomic mass is 16.4. The van der Waals surface area contributed by atoms with Crippen molar-refractivity contribution in [1.29, 1.82) is 0 Å². The molecule has 0 saturated carbocycles. The Balaban J connectivity index is 2.06. The number of rotatable bonds is 6. The molecule has 0 spiro atoms. The van der Waals surface area contributed by atoms with Crippen LogP contribution in [-0.2, 0) is 4.79 Å². The van der Waals surface area contributed by atoms with Crippen molar-refractivity contribution in [2.75, 3.05) is 43.4 Å². The first-order valence-corrected chi connectivity index (χ1v) is 6.42. The number of benzene rings is 1. The van der Waals surface area contributed by atoms with Crippen LogP contribution >= 0.6 is 0 Å². The molecule has 1 heterocycles. The molecule has 1 aliphatic heterocycles. The molecule has 7 heteroatoms. The summed E-state index contributed by atoms with van der Waals surface area (Å²) in [6, 6.07) is 7.01. The lowest BCUT2D eigenvalue weighted by atomic mass is 10.2. The van der Waals surface area contributed by atoms with Gasteiger partial charge in [-0.2, -0.15) is 0 Å². The Labute approximate surface area is 117 Å². The van der Waals surface area contributed by atoms with Crippen LogP contribution in [0.5, 0.6) is 0 Å². The number of amides is 2. The Bertz CT molecular complexity index is 506. The average Bonchev–Trinajstić information content (AvgIpc) is 2.80. The maximum Gasteiger partial charge on any atom is 0.323 e. The van der Waals surface area contributed by atoms with Crippen LogP contribution in [0.15, 0.2) is 24.3 Å². The zero-order chi connectivity index (χ0) is 14.5. The van der Waals surface area contributed by atoms with Crippen molar-refractivity contribution in [3.8, 4) is 0 Å². The number of para-hydroxylation sites is 2. The fourth-order valence-corrected chi connectivity index (χ4v) is 2.19. The highest BCUT2D eigenvalue weighted by Gasteiger charge is 2.21. The van der Waals surface area contributed by atoms with Crippen LogP contribution in [-0.4, -0.2) is 54.7 Å². The smallest absolute Gasteiger partial charge is 0.323 e. The van der Waals surface area contributed by atoms with E-state index in [1.165, 1.54) is 0 Å². The average molecular weight is 278 g/mol. The summed E-state index contributed by atoms with van der Waals surface area (Å²) in [4.78, 5) is 25.8. The number of carbonyl (C=O) groups is 2. The van der Waals surface area contributed by atoms with Crippen molar-refractivity contribution in [3.63, 3.8) is 0 Å². The third kappa shape index (κ3) is 3.31. The minimum Gasteiger partial charge on any atom is -0.480 e. The van der Waals surface area contributed by atoms with Crippen LogP contribution in [0, 0.1) is 0 Å². The van der Waals surface area contributed by atoms with Gasteiger partial charge in [-0.3, -0.25) is 4.79 Å². The van der Waals surface area contributed by atoms with Gasteiger partial charge in [-0.25, -0.2) is 4.79 Å². The van der Waals surface area contributed by atoms with E-state index in [4.69, 9.17) is 10.8 Å². The minimum atomic E-state index is -0.931. The summed E-state index contributed by atoms with van der Waals surface area (Å²) in [5.41, 5.74) is 7.08. The van der Waals surface area contributed by atoms with E-state index in [2.05, 4.69) is 5.32 Å². The summed E-state index contributed by atoms with van der Waals surface area (Å²) in [6.45, 7) is 2.01. The van der Waals surface area contributed by atoms with Gasteiger partial charge in [0, 0.05) is 26.2 Å². The maximum absolute atomic E-state index is 11.5. The van der Waals surface area contributed by atoms with E-state index in [-0.39, 0.29) is 12.6 Å². The summed E-state index contributed by atoms with van der Waals surface area (Å²) in [7, 11) is 0. The number of nitrogens with one attached hydrogen (secondary N) is 1. The van der Waals surface area contributed by atoms with E-state index < -0.39 is 5.97 Å². The van der Waals surface area contributed by atoms with Crippen LogP contribution < -0.4 is 16.0 Å². The molecule has 20 heavy (non-hydrogen) atoms. The quantitative estimate of drug-likeness (QED) is 0.645. The van der Waals surface area contributed by atoms with Gasteiger partial charge in [-0.15, -0.1) is 0 Å². The Hall–Kier alpha value is -2.44. The number of nitrogen functional groups attached to an aromatic ring is 1. The summed E-state index contributed by atoms with van der Waals surface area (Å²) < 4.78 is 0. The number of carboxylic acids is 1. The molecule has 2 amide bonds. The number of hydrogen-bond acceptors (Lipinski definition) is 4. The second kappa shape index (κ2) is 6.14. The first-order chi connectivity index (χ1) is 9.58. The van der Waals surface area contributed by atoms with Crippen molar-refractivity contribution in [1.82, 2.24) is 10.2 Å². The molecule has 0 aromatic heterocycles. The Morgan fingerprint density at radius 2 is 2.20 bits per heavy atom. The molecule has 4 N–H and O–H groups in total. The first kappa shape index (κ1) is 14.0. The SMILES string of the molecule is Nc1ccccc1N(CCN1CCNC1=O)CC(=O)O. The first-order valence-electron chi connectivity index (χ1n) is 6.42. The van der Waals surface area contributed by atoms with E-state index in [9.17, 15) is 9.59 Å². The molecule has 1 aromatic carbocycles. The van der Waals surface area contributed by atoms with Crippen molar-refractivity contribution in [3.05, 3.63) is 24.3 Å². The highest BCUT2D eigenvalue weighted by Crippen LogP contribution is 2.22. The molecule has 0 aliphatic carbocycles. The lowest BCUT2D eigenvalue weighted by Gasteiger charge is -2.26. The van der Waals surface area contributed by atoms with Crippen LogP contribution in [0.4, 0.5) is 16.2 Å². The second-order valence-corrected chi connectivity index (χ2v) is 4.59. The lowest BCUT2D eigenvalue weighted by molar-refractivity contribution is -0.135. The van der Waals surface area contributed by atoms with Crippen molar-refractivity contribution in [2.45, 2.75) is 0 Å². The van der Waals surface area contributed by atoms with Gasteiger partial charge in [0.1, 0.15) is 6.54 Å². The minimum absolute atomic E-state index is 0.110. The van der Waals surface area contributed by atoms with Gasteiger partial charge in [0.25, 0.3) is 0 Å². The van der Waals surface area contributed by atoms with E-state index >= 15 is 0 Å². The number of aliphatic carboxylic acids is 1. The van der Waals surface area contributed by atoms with Crippen LogP contribution in [0.1, 0.15) is 0 Å². The molecule has 1 aliphatic rings. The standard InChI is InChI=1S/C13H18N4O3/c14-10-3-1-2-4-11(10)17(9-12(18)19)8-7-16-6-5-15-13(16)20/h1-4H,5-9,14H2,(H,15,20)(H,18,19). The van der Waals surface area contributed by atoms with Crippen LogP contribution in [0.25, 0.3) is 0 Å². The third-order valence-electron chi connectivity index (χ3n) is 3.19. The zero-order valence-corrected chi connectivity index (χ0v) is 11.1. The summed E-state index contributed by atoms with van der Waals surface area (Å²) in [6.07, 6.45) is 0. The topological polar surface area (TPSA) is 98.9 Å². The fourth-order valence-electron chi connectivity index (χ4n) is 2.19. The Morgan fingerprint density at radius 1 is 1.45 bits per heavy atom. The third-order valence-corrected chi connectivity index (χ3v) is 3.19. The molecule has 0 unspecified atom stereocenters. The number of hydrogen-bond donors (Lipinski definition) is 3. The van der Waals surface area contributed by atoms with Crippen molar-refractivity contribution < 1.29 is 14.7 Å². The highest BCUT2D eigenvalue weighted by molar-refractivity contribution is 5.78. The van der Waals surface area contributed by atoms with Crippen molar-refractivity contribution in [2.24, 2.45) is 0 Å². The molecule has 7 nitrogen and oxygen atoms in total. The Morgan fingerprint density at radius 3 is 2.80 bits per heavy atom. The normalized spacial score (nSPS) is 14.2. The van der Waals surface area contributed by atoms with E-state index in [1.807, 2.05) is 6.07 Å². The number of anilines is 2. The van der Waals surface area contributed by atoms with E-state index in [0.29, 0.717) is 37.6 Å². The van der Waals surface area contributed by atoms with Gasteiger partial charge in [-0.05, 0) is 12.1 Å². The number of carboxylic acid groups (broad SMARTS) is 1. The number of urea groups is 1. The summed E-state index contributed by atoms with van der Waals surface area (Å²) in [5.74, 6) is -0.931. The van der Waals surface area contributed by atoms with E-state index in [1.54, 1.807) is 28.0 Å². The molecule has 2 rings (SSSR count). The number of carbonyl (C=O) groups excluding carboxylic acids is 1. The molecule has 0 atom stereocenters. The molecular formula is C13H18N4O3. The zero-order valence-electron chi connectivity index (χ0n) is 11.1. The Kier molecular flexibility index (Phi) is 4.29. The van der Waals surface area contributed by atoms with Gasteiger partial charge in [0.15, 0.2) is 0 Å². The van der Waals surface area contributed by atoms with Gasteiger partial charge in [0.05, 0.1) is 11.4 Å². The predicted octanol–water partition coefficient (Wildman–Crippen LogP) is 0.185. The molecule has 108 valence electrons. The van der Waals surface area contributed by atoms with Gasteiger partial charge in [0.2, 0.25) is 0 Å². The number of nitrogens with zero attached hydrogens (tertiary/aromatic N) is 2. The molecular weight excluding hydrogens is 260 g/mol. The van der Waals surface area contributed by atoms with Crippen LogP contribution in [0.2, 0.25) is 0 Å². The molecule has 0 radical (unpaired) electrons. The largest absolute Gasteiger partial charge is 0.480 e. The lowest BCUT2D eigenvalue weighted by Crippen LogP contribution is -2.39. The van der Waals surface area contributed by atoms with Crippen LogP contribution in [0.3, 0.4) is 0 Å². The molecule has 0 bridgehead atoms. The van der Waals surface area contributed by atoms with Gasteiger partial charge in [-0.1, -0.05) is 12.1 Å². The number of nitrogens with two attached hydrogens (primary N) is 1. The molecule has 1 fully saturated rings. The summed E-state index contributed by atoms with van der Waals surface area (Å²) >= 11 is 0. The second-order valence-electron chi connectivity index (χ2n) is 4.59. The van der Waals surface area contributed by atoms with Crippen molar-refractivity contribution >= 4 is 23.4 Å².